The topological polar surface area (TPSA) is 183 Å². The summed E-state index contributed by atoms with van der Waals surface area (Å²) in [6.07, 6.45) is 10.7. The van der Waals surface area contributed by atoms with Crippen molar-refractivity contribution in [2.24, 2.45) is 0 Å². The van der Waals surface area contributed by atoms with Crippen molar-refractivity contribution in [1.82, 2.24) is 25.5 Å². The fraction of sp³-hybridized carbons (Fsp3) is 0.463. The van der Waals surface area contributed by atoms with Gasteiger partial charge in [0, 0.05) is 31.6 Å². The molecule has 1 unspecified atom stereocenters. The molecule has 294 valence electrons. The van der Waals surface area contributed by atoms with Crippen molar-refractivity contribution < 1.29 is 33.5 Å². The number of ether oxygens (including phenoxy) is 1. The molecule has 56 heavy (non-hydrogen) atoms. The highest BCUT2D eigenvalue weighted by atomic mass is 16.5. The fourth-order valence-corrected chi connectivity index (χ4v) is 8.39. The predicted molar refractivity (Wildman–Crippen MR) is 208 cm³/mol. The lowest BCUT2D eigenvalue weighted by Gasteiger charge is -2.43. The van der Waals surface area contributed by atoms with Crippen LogP contribution in [0.3, 0.4) is 0 Å². The zero-order valence-electron chi connectivity index (χ0n) is 32.1. The Morgan fingerprint density at radius 2 is 1.77 bits per heavy atom. The van der Waals surface area contributed by atoms with E-state index in [-0.39, 0.29) is 42.3 Å². The Labute approximate surface area is 325 Å². The summed E-state index contributed by atoms with van der Waals surface area (Å²) >= 11 is 0. The van der Waals surface area contributed by atoms with E-state index < -0.39 is 29.7 Å². The second-order valence-corrected chi connectivity index (χ2v) is 14.8. The molecule has 1 aromatic heterocycles. The van der Waals surface area contributed by atoms with E-state index in [9.17, 15) is 28.8 Å². The molecule has 0 radical (unpaired) electrons. The minimum absolute atomic E-state index is 0.0544. The number of fused-ring (bicyclic) bond motifs is 2. The minimum atomic E-state index is -0.993. The number of imide groups is 2. The van der Waals surface area contributed by atoms with Gasteiger partial charge in [-0.15, -0.1) is 0 Å². The van der Waals surface area contributed by atoms with Crippen LogP contribution in [-0.4, -0.2) is 89.1 Å². The second-order valence-electron chi connectivity index (χ2n) is 14.8. The number of anilines is 4. The molecule has 2 fully saturated rings. The molecule has 15 heteroatoms. The number of likely N-dealkylation sites (N-methyl/N-ethyl adjacent to an activating group) is 1. The zero-order chi connectivity index (χ0) is 39.5. The molecule has 0 spiro atoms. The lowest BCUT2D eigenvalue weighted by Crippen LogP contribution is -2.55. The van der Waals surface area contributed by atoms with Crippen molar-refractivity contribution in [2.45, 2.75) is 102 Å². The number of piperidine rings is 1. The van der Waals surface area contributed by atoms with Crippen LogP contribution in [0.2, 0.25) is 0 Å². The number of nitrogens with one attached hydrogen (secondary N) is 3. The van der Waals surface area contributed by atoms with Crippen LogP contribution >= 0.6 is 0 Å². The molecule has 6 amide bonds. The van der Waals surface area contributed by atoms with Gasteiger partial charge in [-0.1, -0.05) is 44.7 Å². The van der Waals surface area contributed by atoms with Gasteiger partial charge in [-0.25, -0.2) is 4.98 Å². The first-order valence-corrected chi connectivity index (χ1v) is 19.6. The van der Waals surface area contributed by atoms with E-state index in [4.69, 9.17) is 9.72 Å². The molecule has 3 aromatic rings. The summed E-state index contributed by atoms with van der Waals surface area (Å²) in [5, 5.41) is 8.46. The van der Waals surface area contributed by atoms with Crippen LogP contribution in [0.15, 0.2) is 42.6 Å². The zero-order valence-corrected chi connectivity index (χ0v) is 32.1. The number of carbonyl (C=O) groups is 6. The molecular formula is C41H48N8O7. The molecule has 3 aliphatic heterocycles. The number of rotatable bonds is 14. The predicted octanol–water partition coefficient (Wildman–Crippen LogP) is 4.67. The number of benzene rings is 2. The van der Waals surface area contributed by atoms with E-state index >= 15 is 0 Å². The maximum atomic E-state index is 13.4. The highest BCUT2D eigenvalue weighted by molar-refractivity contribution is 6.24. The van der Waals surface area contributed by atoms with E-state index in [1.54, 1.807) is 48.5 Å². The van der Waals surface area contributed by atoms with Crippen molar-refractivity contribution in [2.75, 3.05) is 35.8 Å². The normalized spacial score (nSPS) is 19.6. The monoisotopic (exact) mass is 764 g/mol. The summed E-state index contributed by atoms with van der Waals surface area (Å²) in [5.41, 5.74) is 3.11. The number of hydrogen-bond donors (Lipinski definition) is 3. The van der Waals surface area contributed by atoms with Gasteiger partial charge >= 0.3 is 0 Å². The molecule has 0 bridgehead atoms. The van der Waals surface area contributed by atoms with Crippen molar-refractivity contribution in [3.05, 3.63) is 64.8 Å². The molecule has 1 aliphatic carbocycles. The number of nitrogens with zero attached hydrogens (tertiary/aromatic N) is 5. The number of hydrogen-bond acceptors (Lipinski definition) is 11. The number of aromatic nitrogens is 2. The summed E-state index contributed by atoms with van der Waals surface area (Å²) in [5.74, 6) is -0.641. The Morgan fingerprint density at radius 3 is 2.52 bits per heavy atom. The Morgan fingerprint density at radius 1 is 0.982 bits per heavy atom. The second kappa shape index (κ2) is 16.5. The average molecular weight is 765 g/mol. The summed E-state index contributed by atoms with van der Waals surface area (Å²) in [7, 11) is 3.31. The molecule has 7 rings (SSSR count). The van der Waals surface area contributed by atoms with Gasteiger partial charge in [-0.2, -0.15) is 4.98 Å². The molecule has 1 saturated heterocycles. The number of methoxy groups -OCH3 is 1. The van der Waals surface area contributed by atoms with Gasteiger partial charge in [0.15, 0.2) is 5.82 Å². The van der Waals surface area contributed by atoms with Gasteiger partial charge in [0.25, 0.3) is 17.7 Å². The molecule has 2 aromatic carbocycles. The van der Waals surface area contributed by atoms with Gasteiger partial charge < -0.3 is 25.2 Å². The third-order valence-corrected chi connectivity index (χ3v) is 11.3. The van der Waals surface area contributed by atoms with Crippen LogP contribution in [0.5, 0.6) is 5.75 Å². The highest BCUT2D eigenvalue weighted by Crippen LogP contribution is 2.40. The van der Waals surface area contributed by atoms with E-state index in [0.29, 0.717) is 53.6 Å². The Balaban J connectivity index is 0.904. The number of unbranched alkanes of at least 4 members (excludes halogenated alkanes) is 3. The highest BCUT2D eigenvalue weighted by Gasteiger charge is 2.45. The molecule has 1 saturated carbocycles. The maximum Gasteiger partial charge on any atom is 0.262 e. The molecule has 4 aliphatic rings. The molecule has 2 atom stereocenters. The average Bonchev–Trinajstić information content (AvgIpc) is 3.82. The quantitative estimate of drug-likeness (QED) is 0.153. The van der Waals surface area contributed by atoms with Gasteiger partial charge in [0.1, 0.15) is 23.5 Å². The van der Waals surface area contributed by atoms with Crippen LogP contribution in [-0.2, 0) is 20.8 Å². The Kier molecular flexibility index (Phi) is 11.3. The lowest BCUT2D eigenvalue weighted by atomic mass is 9.97. The minimum Gasteiger partial charge on any atom is -0.495 e. The molecule has 15 nitrogen and oxygen atoms in total. The van der Waals surface area contributed by atoms with Crippen LogP contribution in [0, 0.1) is 0 Å². The third-order valence-electron chi connectivity index (χ3n) is 11.3. The van der Waals surface area contributed by atoms with Gasteiger partial charge in [0.05, 0.1) is 30.1 Å². The van der Waals surface area contributed by atoms with E-state index in [0.717, 1.165) is 67.6 Å². The largest absolute Gasteiger partial charge is 0.495 e. The van der Waals surface area contributed by atoms with Crippen LogP contribution in [0.25, 0.3) is 0 Å². The standard InChI is InChI=1S/C41H48N8O7/c1-4-29-39(54)47(2)31-23-43-41(46-35(31)48(29)26-14-8-9-15-26)44-28-18-17-25(22-32(28)56-3)36(51)42-21-10-6-5-7-12-24-13-11-16-27-34(24)40(55)49(38(27)53)30-19-20-33(50)45-37(30)52/h11,13,16-18,22-23,26,29-30H,4-10,12,14-15,19-21H2,1-3H3,(H,42,51)(H,43,44,46)(H,45,50,52)/t29-,30?/m1/s1. The number of amides is 6. The molecular weight excluding hydrogens is 716 g/mol. The molecule has 3 N–H and O–H groups in total. The lowest BCUT2D eigenvalue weighted by molar-refractivity contribution is -0.136. The van der Waals surface area contributed by atoms with Crippen molar-refractivity contribution in [1.29, 1.82) is 0 Å². The third kappa shape index (κ3) is 7.41. The van der Waals surface area contributed by atoms with Crippen molar-refractivity contribution >= 4 is 58.6 Å². The fourth-order valence-electron chi connectivity index (χ4n) is 8.39. The Bertz CT molecular complexity index is 2060. The number of carbonyl (C=O) groups excluding carboxylic acids is 6. The van der Waals surface area contributed by atoms with Gasteiger partial charge in [0.2, 0.25) is 23.7 Å². The number of aryl methyl sites for hydroxylation is 1. The van der Waals surface area contributed by atoms with E-state index in [1.807, 2.05) is 13.0 Å². The SMILES string of the molecule is CC[C@@H]1C(=O)N(C)c2cnc(Nc3ccc(C(=O)NCCCCCCc4cccc5c4C(=O)N(C4CCC(=O)NC4=O)C5=O)cc3OC)nc2N1C1CCCC1. The maximum absolute atomic E-state index is 13.4. The first kappa shape index (κ1) is 38.4. The van der Waals surface area contributed by atoms with Crippen LogP contribution in [0.4, 0.5) is 23.1 Å². The van der Waals surface area contributed by atoms with Crippen LogP contribution < -0.4 is 30.5 Å². The summed E-state index contributed by atoms with van der Waals surface area (Å²) < 4.78 is 5.65. The van der Waals surface area contributed by atoms with E-state index in [1.165, 1.54) is 7.11 Å². The first-order chi connectivity index (χ1) is 27.1. The Hall–Kier alpha value is -5.86. The van der Waals surface area contributed by atoms with Crippen molar-refractivity contribution in [3.8, 4) is 5.75 Å². The van der Waals surface area contributed by atoms with Crippen LogP contribution in [0.1, 0.15) is 114 Å². The van der Waals surface area contributed by atoms with Gasteiger partial charge in [-0.3, -0.25) is 39.0 Å². The first-order valence-electron chi connectivity index (χ1n) is 19.6. The summed E-state index contributed by atoms with van der Waals surface area (Å²) in [6, 6.07) is 9.32. The van der Waals surface area contributed by atoms with Crippen molar-refractivity contribution in [3.63, 3.8) is 0 Å². The van der Waals surface area contributed by atoms with Gasteiger partial charge in [-0.05, 0) is 74.8 Å². The van der Waals surface area contributed by atoms with E-state index in [2.05, 4.69) is 25.8 Å². The summed E-state index contributed by atoms with van der Waals surface area (Å²) in [4.78, 5) is 91.1. The molecule has 4 heterocycles. The smallest absolute Gasteiger partial charge is 0.262 e. The summed E-state index contributed by atoms with van der Waals surface area (Å²) in [6.45, 7) is 2.51.